The number of rotatable bonds is 3. The van der Waals surface area contributed by atoms with Crippen molar-refractivity contribution in [2.75, 3.05) is 32.7 Å². The second kappa shape index (κ2) is 6.94. The number of hydrogen-bond acceptors (Lipinski definition) is 3. The Morgan fingerprint density at radius 2 is 1.67 bits per heavy atom. The first-order chi connectivity index (χ1) is 11.4. The van der Waals surface area contributed by atoms with Crippen LogP contribution in [0.2, 0.25) is 0 Å². The number of benzene rings is 1. The van der Waals surface area contributed by atoms with Gasteiger partial charge in [0.1, 0.15) is 0 Å². The molecule has 1 aliphatic heterocycles. The maximum Gasteiger partial charge on any atom is 0.401 e. The second-order valence-corrected chi connectivity index (χ2v) is 6.55. The number of nitrogens with zero attached hydrogens (tertiary/aromatic N) is 2. The van der Waals surface area contributed by atoms with Crippen molar-refractivity contribution >= 4 is 17.2 Å². The van der Waals surface area contributed by atoms with E-state index in [1.807, 2.05) is 29.0 Å². The minimum Gasteiger partial charge on any atom is -0.336 e. The Morgan fingerprint density at radius 3 is 2.21 bits per heavy atom. The predicted molar refractivity (Wildman–Crippen MR) is 88.2 cm³/mol. The Hall–Kier alpha value is -1.86. The van der Waals surface area contributed by atoms with Crippen LogP contribution >= 0.6 is 11.3 Å². The summed E-state index contributed by atoms with van der Waals surface area (Å²) >= 11 is 1.61. The summed E-state index contributed by atoms with van der Waals surface area (Å²) < 4.78 is 37.2. The summed E-state index contributed by atoms with van der Waals surface area (Å²) in [5.41, 5.74) is 2.72. The van der Waals surface area contributed by atoms with Crippen LogP contribution in [0.3, 0.4) is 0 Å². The number of carbonyl (C=O) groups is 1. The van der Waals surface area contributed by atoms with Gasteiger partial charge in [-0.25, -0.2) is 0 Å². The molecule has 0 bridgehead atoms. The van der Waals surface area contributed by atoms with Crippen molar-refractivity contribution in [3.63, 3.8) is 0 Å². The summed E-state index contributed by atoms with van der Waals surface area (Å²) in [6, 6.07) is 9.36. The predicted octanol–water partition coefficient (Wildman–Crippen LogP) is 3.74. The molecule has 0 N–H and O–H groups in total. The lowest BCUT2D eigenvalue weighted by Crippen LogP contribution is -2.50. The summed E-state index contributed by atoms with van der Waals surface area (Å²) in [7, 11) is 0. The molecule has 1 aliphatic rings. The Balaban J connectivity index is 1.59. The molecular formula is C17H17F3N2OS. The summed E-state index contributed by atoms with van der Waals surface area (Å²) in [5.74, 6) is -0.126. The second-order valence-electron chi connectivity index (χ2n) is 5.77. The average Bonchev–Trinajstić information content (AvgIpc) is 3.08. The molecule has 0 unspecified atom stereocenters. The fraction of sp³-hybridized carbons (Fsp3) is 0.353. The summed E-state index contributed by atoms with van der Waals surface area (Å²) in [6.45, 7) is 0.225. The molecule has 3 nitrogen and oxygen atoms in total. The lowest BCUT2D eigenvalue weighted by atomic mass is 10.1. The molecule has 0 aliphatic carbocycles. The number of carbonyl (C=O) groups excluding carboxylic acids is 1. The first kappa shape index (κ1) is 17.0. The van der Waals surface area contributed by atoms with Crippen molar-refractivity contribution in [1.82, 2.24) is 9.80 Å². The van der Waals surface area contributed by atoms with Crippen LogP contribution in [-0.4, -0.2) is 54.6 Å². The highest BCUT2D eigenvalue weighted by atomic mass is 32.1. The van der Waals surface area contributed by atoms with E-state index in [2.05, 4.69) is 0 Å². The molecule has 2 aromatic rings. The monoisotopic (exact) mass is 354 g/mol. The zero-order chi connectivity index (χ0) is 17.2. The quantitative estimate of drug-likeness (QED) is 0.838. The first-order valence-electron chi connectivity index (χ1n) is 7.63. The summed E-state index contributed by atoms with van der Waals surface area (Å²) in [5, 5.41) is 4.03. The molecule has 3 rings (SSSR count). The van der Waals surface area contributed by atoms with E-state index in [0.717, 1.165) is 11.1 Å². The summed E-state index contributed by atoms with van der Waals surface area (Å²) in [4.78, 5) is 15.4. The molecule has 7 heteroatoms. The highest BCUT2D eigenvalue weighted by Crippen LogP contribution is 2.23. The van der Waals surface area contributed by atoms with Crippen LogP contribution in [0.15, 0.2) is 41.1 Å². The maximum atomic E-state index is 12.5. The van der Waals surface area contributed by atoms with Crippen molar-refractivity contribution in [2.24, 2.45) is 0 Å². The number of hydrogen-bond donors (Lipinski definition) is 0. The number of piperazine rings is 1. The standard InChI is InChI=1S/C17H17F3N2OS/c18-17(19,20)12-21-6-8-22(9-7-21)16(23)14-3-1-13(2-4-14)15-5-10-24-11-15/h1-5,10-11H,6-9,12H2. The van der Waals surface area contributed by atoms with Crippen LogP contribution in [0.4, 0.5) is 13.2 Å². The molecule has 128 valence electrons. The molecule has 1 aromatic heterocycles. The van der Waals surface area contributed by atoms with Crippen molar-refractivity contribution in [3.05, 3.63) is 46.7 Å². The van der Waals surface area contributed by atoms with Gasteiger partial charge < -0.3 is 4.90 Å². The van der Waals surface area contributed by atoms with Gasteiger partial charge in [-0.3, -0.25) is 9.69 Å². The zero-order valence-corrected chi connectivity index (χ0v) is 13.7. The molecule has 24 heavy (non-hydrogen) atoms. The third-order valence-corrected chi connectivity index (χ3v) is 4.73. The van der Waals surface area contributed by atoms with Gasteiger partial charge in [-0.05, 0) is 40.1 Å². The molecular weight excluding hydrogens is 337 g/mol. The molecule has 1 saturated heterocycles. The Kier molecular flexibility index (Phi) is 4.91. The van der Waals surface area contributed by atoms with Crippen LogP contribution in [-0.2, 0) is 0 Å². The third-order valence-electron chi connectivity index (χ3n) is 4.05. The van der Waals surface area contributed by atoms with Gasteiger partial charge in [0.15, 0.2) is 0 Å². The van der Waals surface area contributed by atoms with Gasteiger partial charge in [0.2, 0.25) is 0 Å². The van der Waals surface area contributed by atoms with Gasteiger partial charge in [-0.2, -0.15) is 24.5 Å². The van der Waals surface area contributed by atoms with Crippen LogP contribution in [0, 0.1) is 0 Å². The van der Waals surface area contributed by atoms with Gasteiger partial charge >= 0.3 is 6.18 Å². The Morgan fingerprint density at radius 1 is 1.00 bits per heavy atom. The first-order valence-corrected chi connectivity index (χ1v) is 8.58. The molecule has 0 radical (unpaired) electrons. The fourth-order valence-corrected chi connectivity index (χ4v) is 3.44. The van der Waals surface area contributed by atoms with E-state index in [1.54, 1.807) is 28.4 Å². The summed E-state index contributed by atoms with van der Waals surface area (Å²) in [6.07, 6.45) is -4.19. The van der Waals surface area contributed by atoms with Gasteiger partial charge in [0.05, 0.1) is 6.54 Å². The lowest BCUT2D eigenvalue weighted by molar-refractivity contribution is -0.148. The fourth-order valence-electron chi connectivity index (χ4n) is 2.78. The highest BCUT2D eigenvalue weighted by molar-refractivity contribution is 7.08. The Labute approximate surface area is 142 Å². The zero-order valence-electron chi connectivity index (χ0n) is 12.9. The molecule has 2 heterocycles. The van der Waals surface area contributed by atoms with Crippen LogP contribution in [0.1, 0.15) is 10.4 Å². The molecule has 1 fully saturated rings. The van der Waals surface area contributed by atoms with Gasteiger partial charge in [0, 0.05) is 31.7 Å². The molecule has 1 amide bonds. The molecule has 0 spiro atoms. The number of thiophene rings is 1. The highest BCUT2D eigenvalue weighted by Gasteiger charge is 2.32. The van der Waals surface area contributed by atoms with E-state index in [1.165, 1.54) is 4.90 Å². The molecule has 0 atom stereocenters. The smallest absolute Gasteiger partial charge is 0.336 e. The van der Waals surface area contributed by atoms with E-state index < -0.39 is 12.7 Å². The van der Waals surface area contributed by atoms with E-state index in [0.29, 0.717) is 18.7 Å². The lowest BCUT2D eigenvalue weighted by Gasteiger charge is -2.35. The minimum absolute atomic E-state index is 0.126. The van der Waals surface area contributed by atoms with Crippen molar-refractivity contribution in [1.29, 1.82) is 0 Å². The normalized spacial score (nSPS) is 16.4. The van der Waals surface area contributed by atoms with Crippen LogP contribution in [0.25, 0.3) is 11.1 Å². The maximum absolute atomic E-state index is 12.5. The van der Waals surface area contributed by atoms with Crippen molar-refractivity contribution in [3.8, 4) is 11.1 Å². The van der Waals surface area contributed by atoms with Crippen LogP contribution < -0.4 is 0 Å². The Bertz CT molecular complexity index is 675. The van der Waals surface area contributed by atoms with Gasteiger partial charge in [-0.15, -0.1) is 0 Å². The topological polar surface area (TPSA) is 23.6 Å². The van der Waals surface area contributed by atoms with E-state index in [4.69, 9.17) is 0 Å². The third kappa shape index (κ3) is 4.15. The minimum atomic E-state index is -4.19. The van der Waals surface area contributed by atoms with E-state index in [9.17, 15) is 18.0 Å². The van der Waals surface area contributed by atoms with Gasteiger partial charge in [0.25, 0.3) is 5.91 Å². The number of halogens is 3. The van der Waals surface area contributed by atoms with Crippen LogP contribution in [0.5, 0.6) is 0 Å². The molecule has 1 aromatic carbocycles. The number of amides is 1. The average molecular weight is 354 g/mol. The van der Waals surface area contributed by atoms with E-state index in [-0.39, 0.29) is 19.0 Å². The van der Waals surface area contributed by atoms with E-state index >= 15 is 0 Å². The van der Waals surface area contributed by atoms with Crippen molar-refractivity contribution in [2.45, 2.75) is 6.18 Å². The number of alkyl halides is 3. The van der Waals surface area contributed by atoms with Gasteiger partial charge in [-0.1, -0.05) is 12.1 Å². The largest absolute Gasteiger partial charge is 0.401 e. The molecule has 0 saturated carbocycles. The SMILES string of the molecule is O=C(c1ccc(-c2ccsc2)cc1)N1CCN(CC(F)(F)F)CC1. The van der Waals surface area contributed by atoms with Crippen molar-refractivity contribution < 1.29 is 18.0 Å².